The summed E-state index contributed by atoms with van der Waals surface area (Å²) in [5.41, 5.74) is 0. The first kappa shape index (κ1) is 52.2. The van der Waals surface area contributed by atoms with Crippen LogP contribution in [0.15, 0.2) is 36.5 Å². The maximum atomic E-state index is 12.6. The van der Waals surface area contributed by atoms with Gasteiger partial charge in [-0.3, -0.25) is 14.2 Å². The number of allylic oxidation sites excluding steroid dienone is 6. The van der Waals surface area contributed by atoms with E-state index in [1.54, 1.807) is 0 Å². The number of phosphoric ester groups is 1. The van der Waals surface area contributed by atoms with Crippen molar-refractivity contribution >= 4 is 19.8 Å². The number of esters is 2. The lowest BCUT2D eigenvalue weighted by atomic mass is 10.1. The van der Waals surface area contributed by atoms with Gasteiger partial charge >= 0.3 is 11.9 Å². The molecule has 54 heavy (non-hydrogen) atoms. The van der Waals surface area contributed by atoms with Gasteiger partial charge in [0.15, 0.2) is 6.10 Å². The van der Waals surface area contributed by atoms with Crippen molar-refractivity contribution in [1.82, 2.24) is 0 Å². The first-order valence-electron chi connectivity index (χ1n) is 21.7. The number of hydrogen-bond acceptors (Lipinski definition) is 8. The van der Waals surface area contributed by atoms with E-state index in [0.29, 0.717) is 17.4 Å². The van der Waals surface area contributed by atoms with E-state index < -0.39 is 32.5 Å². The van der Waals surface area contributed by atoms with Crippen LogP contribution in [0.3, 0.4) is 0 Å². The molecule has 0 spiro atoms. The smallest absolute Gasteiger partial charge is 0.306 e. The maximum absolute atomic E-state index is 12.6. The molecule has 0 aromatic rings. The summed E-state index contributed by atoms with van der Waals surface area (Å²) < 4.78 is 33.8. The highest BCUT2D eigenvalue weighted by atomic mass is 31.2. The van der Waals surface area contributed by atoms with Crippen molar-refractivity contribution in [3.05, 3.63) is 36.5 Å². The molecule has 0 aliphatic heterocycles. The number of quaternary nitrogens is 1. The van der Waals surface area contributed by atoms with Crippen molar-refractivity contribution in [1.29, 1.82) is 0 Å². The normalized spacial score (nSPS) is 14.0. The van der Waals surface area contributed by atoms with Gasteiger partial charge in [-0.2, -0.15) is 0 Å². The zero-order valence-corrected chi connectivity index (χ0v) is 36.3. The molecule has 0 fully saturated rings. The summed E-state index contributed by atoms with van der Waals surface area (Å²) in [6.45, 7) is 4.16. The van der Waals surface area contributed by atoms with Crippen molar-refractivity contribution in [2.24, 2.45) is 0 Å². The van der Waals surface area contributed by atoms with Crippen LogP contribution >= 0.6 is 7.82 Å². The van der Waals surface area contributed by atoms with Gasteiger partial charge in [0, 0.05) is 12.8 Å². The van der Waals surface area contributed by atoms with Crippen LogP contribution in [0.4, 0.5) is 0 Å². The molecule has 0 bridgehead atoms. The summed E-state index contributed by atoms with van der Waals surface area (Å²) >= 11 is 0. The predicted molar refractivity (Wildman–Crippen MR) is 222 cm³/mol. The lowest BCUT2D eigenvalue weighted by Gasteiger charge is -2.28. The van der Waals surface area contributed by atoms with E-state index in [-0.39, 0.29) is 26.1 Å². The fraction of sp³-hybridized carbons (Fsp3) is 0.818. The van der Waals surface area contributed by atoms with E-state index in [2.05, 4.69) is 50.3 Å². The summed E-state index contributed by atoms with van der Waals surface area (Å²) in [7, 11) is 1.15. The number of likely N-dealkylation sites (N-methyl/N-ethyl adjacent to an activating group) is 1. The third-order valence-corrected chi connectivity index (χ3v) is 10.1. The molecule has 0 N–H and O–H groups in total. The second-order valence-electron chi connectivity index (χ2n) is 15.7. The van der Waals surface area contributed by atoms with Crippen molar-refractivity contribution in [2.75, 3.05) is 47.5 Å². The Hall–Kier alpha value is -1.77. The topological polar surface area (TPSA) is 111 Å². The molecule has 0 aromatic heterocycles. The minimum Gasteiger partial charge on any atom is -0.756 e. The molecule has 0 heterocycles. The minimum absolute atomic E-state index is 0.0351. The van der Waals surface area contributed by atoms with Gasteiger partial charge in [-0.05, 0) is 70.6 Å². The Labute approximate surface area is 331 Å². The van der Waals surface area contributed by atoms with Crippen LogP contribution in [-0.4, -0.2) is 70.0 Å². The molecule has 316 valence electrons. The summed E-state index contributed by atoms with van der Waals surface area (Å²) in [5, 5.41) is 0. The van der Waals surface area contributed by atoms with E-state index >= 15 is 0 Å². The summed E-state index contributed by atoms with van der Waals surface area (Å²) in [6, 6.07) is 0. The second-order valence-corrected chi connectivity index (χ2v) is 17.1. The number of hydrogen-bond donors (Lipinski definition) is 0. The van der Waals surface area contributed by atoms with Crippen molar-refractivity contribution in [2.45, 2.75) is 187 Å². The highest BCUT2D eigenvalue weighted by Gasteiger charge is 2.21. The Bertz CT molecular complexity index is 1020. The zero-order valence-electron chi connectivity index (χ0n) is 35.4. The monoisotopic (exact) mass is 784 g/mol. The number of nitrogens with zero attached hydrogens (tertiary/aromatic N) is 1. The van der Waals surface area contributed by atoms with Crippen LogP contribution in [0.25, 0.3) is 0 Å². The van der Waals surface area contributed by atoms with Gasteiger partial charge in [-0.25, -0.2) is 0 Å². The molecule has 0 saturated carbocycles. The molecule has 0 aromatic carbocycles. The lowest BCUT2D eigenvalue weighted by Crippen LogP contribution is -2.37. The lowest BCUT2D eigenvalue weighted by molar-refractivity contribution is -0.870. The standard InChI is InChI=1S/C44H82NO8P/c1-6-8-10-12-14-16-18-20-21-22-23-25-26-28-30-32-34-36-43(46)50-40-42(41-52-54(48,49)51-39-38-45(3,4)5)53-44(47)37-35-33-31-29-27-24-19-17-15-13-11-9-7-2/h14,16,20-21,24,27,42H,6-13,15,17-19,22-23,25-26,28-41H2,1-5H3/b16-14+,21-20+,27-24+/t42-/m1/s1. The third-order valence-electron chi connectivity index (χ3n) is 9.13. The highest BCUT2D eigenvalue weighted by molar-refractivity contribution is 7.45. The van der Waals surface area contributed by atoms with Crippen molar-refractivity contribution in [3.63, 3.8) is 0 Å². The summed E-state index contributed by atoms with van der Waals surface area (Å²) in [5.74, 6) is -0.862. The van der Waals surface area contributed by atoms with E-state index in [1.165, 1.54) is 83.5 Å². The molecule has 0 rings (SSSR count). The van der Waals surface area contributed by atoms with Gasteiger partial charge in [0.25, 0.3) is 7.82 Å². The second kappa shape index (κ2) is 36.8. The fourth-order valence-electron chi connectivity index (χ4n) is 5.68. The molecule has 10 heteroatoms. The Morgan fingerprint density at radius 2 is 1.00 bits per heavy atom. The highest BCUT2D eigenvalue weighted by Crippen LogP contribution is 2.38. The quantitative estimate of drug-likeness (QED) is 0.0199. The molecule has 1 unspecified atom stereocenters. The number of unbranched alkanes of at least 4 members (excludes halogenated alkanes) is 19. The molecule has 2 atom stereocenters. The Balaban J connectivity index is 4.38. The molecule has 0 amide bonds. The van der Waals surface area contributed by atoms with Gasteiger partial charge in [-0.1, -0.05) is 134 Å². The zero-order chi connectivity index (χ0) is 40.0. The Morgan fingerprint density at radius 3 is 1.54 bits per heavy atom. The van der Waals surface area contributed by atoms with E-state index in [4.69, 9.17) is 18.5 Å². The molecule has 0 radical (unpaired) electrons. The van der Waals surface area contributed by atoms with Crippen LogP contribution in [0.1, 0.15) is 181 Å². The number of rotatable bonds is 39. The summed E-state index contributed by atoms with van der Waals surface area (Å²) in [6.07, 6.45) is 40.2. The average molecular weight is 784 g/mol. The van der Waals surface area contributed by atoms with Crippen molar-refractivity contribution in [3.8, 4) is 0 Å². The molecule has 0 saturated heterocycles. The van der Waals surface area contributed by atoms with Crippen LogP contribution < -0.4 is 4.89 Å². The SMILES string of the molecule is CCCCC/C=C/C/C=C/CCCCCCCCCC(=O)OC[C@H](COP(=O)([O-])OCC[N+](C)(C)C)OC(=O)CCCCC/C=C/CCCCCCCC. The third kappa shape index (κ3) is 39.9. The van der Waals surface area contributed by atoms with Gasteiger partial charge in [0.2, 0.25) is 0 Å². The first-order valence-corrected chi connectivity index (χ1v) is 23.2. The largest absolute Gasteiger partial charge is 0.756 e. The maximum Gasteiger partial charge on any atom is 0.306 e. The first-order chi connectivity index (χ1) is 26.0. The van der Waals surface area contributed by atoms with Crippen LogP contribution in [0.2, 0.25) is 0 Å². The summed E-state index contributed by atoms with van der Waals surface area (Å²) in [4.78, 5) is 37.5. The molecule has 0 aliphatic rings. The van der Waals surface area contributed by atoms with Crippen LogP contribution in [0.5, 0.6) is 0 Å². The Morgan fingerprint density at radius 1 is 0.574 bits per heavy atom. The van der Waals surface area contributed by atoms with E-state index in [0.717, 1.165) is 64.2 Å². The number of carbonyl (C=O) groups excluding carboxylic acids is 2. The molecular weight excluding hydrogens is 701 g/mol. The predicted octanol–water partition coefficient (Wildman–Crippen LogP) is 11.5. The molecular formula is C44H82NO8P. The molecule has 0 aliphatic carbocycles. The van der Waals surface area contributed by atoms with E-state index in [1.807, 2.05) is 21.1 Å². The molecule has 9 nitrogen and oxygen atoms in total. The van der Waals surface area contributed by atoms with Crippen molar-refractivity contribution < 1.29 is 42.1 Å². The average Bonchev–Trinajstić information content (AvgIpc) is 3.12. The van der Waals surface area contributed by atoms with Crippen LogP contribution in [-0.2, 0) is 32.7 Å². The van der Waals surface area contributed by atoms with Gasteiger partial charge in [-0.15, -0.1) is 0 Å². The number of phosphoric acid groups is 1. The van der Waals surface area contributed by atoms with Gasteiger partial charge in [0.1, 0.15) is 19.8 Å². The Kier molecular flexibility index (Phi) is 35.6. The number of ether oxygens (including phenoxy) is 2. The van der Waals surface area contributed by atoms with Gasteiger partial charge < -0.3 is 27.9 Å². The van der Waals surface area contributed by atoms with Crippen LogP contribution in [0, 0.1) is 0 Å². The van der Waals surface area contributed by atoms with Gasteiger partial charge in [0.05, 0.1) is 27.7 Å². The van der Waals surface area contributed by atoms with E-state index in [9.17, 15) is 19.0 Å². The minimum atomic E-state index is -4.63. The fourth-order valence-corrected chi connectivity index (χ4v) is 6.41. The number of carbonyl (C=O) groups is 2.